The molecule has 0 radical (unpaired) electrons. The summed E-state index contributed by atoms with van der Waals surface area (Å²) in [4.78, 5) is 7.81. The molecule has 0 saturated heterocycles. The highest BCUT2D eigenvalue weighted by Gasteiger charge is 2.19. The number of aromatic hydroxyl groups is 1. The molecule has 0 spiro atoms. The van der Waals surface area contributed by atoms with Gasteiger partial charge in [0, 0.05) is 6.07 Å². The summed E-state index contributed by atoms with van der Waals surface area (Å²) in [5.74, 6) is 2.66. The molecule has 3 aromatic rings. The largest absolute Gasteiger partial charge is 0.507 e. The van der Waals surface area contributed by atoms with Gasteiger partial charge in [0.05, 0.1) is 23.2 Å². The fourth-order valence-corrected chi connectivity index (χ4v) is 4.07. The highest BCUT2D eigenvalue weighted by atomic mass is 16.5. The molecule has 2 N–H and O–H groups in total. The van der Waals surface area contributed by atoms with Crippen molar-refractivity contribution in [3.05, 3.63) is 42.5 Å². The fourth-order valence-electron chi connectivity index (χ4n) is 4.07. The average Bonchev–Trinajstić information content (AvgIpc) is 3.48. The first-order valence-electron chi connectivity index (χ1n) is 11.7. The van der Waals surface area contributed by atoms with Crippen molar-refractivity contribution in [2.24, 2.45) is 5.92 Å². The average molecular weight is 407 g/mol. The van der Waals surface area contributed by atoms with Crippen molar-refractivity contribution >= 4 is 11.0 Å². The molecule has 1 fully saturated rings. The Balaban J connectivity index is 1.12. The molecule has 160 valence electrons. The van der Waals surface area contributed by atoms with Crippen LogP contribution in [0.4, 0.5) is 0 Å². The molecule has 4 rings (SSSR count). The summed E-state index contributed by atoms with van der Waals surface area (Å²) < 4.78 is 5.83. The summed E-state index contributed by atoms with van der Waals surface area (Å²) in [6.45, 7) is 0.699. The van der Waals surface area contributed by atoms with E-state index in [9.17, 15) is 5.11 Å². The van der Waals surface area contributed by atoms with Crippen molar-refractivity contribution in [1.82, 2.24) is 9.97 Å². The van der Waals surface area contributed by atoms with Crippen LogP contribution in [0.3, 0.4) is 0 Å². The van der Waals surface area contributed by atoms with Crippen LogP contribution in [0, 0.1) is 5.92 Å². The van der Waals surface area contributed by atoms with Crippen molar-refractivity contribution in [3.63, 3.8) is 0 Å². The van der Waals surface area contributed by atoms with Crippen LogP contribution in [0.25, 0.3) is 22.4 Å². The number of phenolic OH excluding ortho intramolecular Hbond substituents is 1. The Morgan fingerprint density at radius 3 is 2.37 bits per heavy atom. The number of H-pyrrole nitrogens is 1. The quantitative estimate of drug-likeness (QED) is 0.294. The van der Waals surface area contributed by atoms with E-state index in [-0.39, 0.29) is 5.75 Å². The summed E-state index contributed by atoms with van der Waals surface area (Å²) in [6.07, 6.45) is 15.0. The molecule has 0 atom stereocenters. The van der Waals surface area contributed by atoms with Gasteiger partial charge in [-0.05, 0) is 36.6 Å². The zero-order valence-corrected chi connectivity index (χ0v) is 17.9. The van der Waals surface area contributed by atoms with E-state index in [1.807, 2.05) is 36.4 Å². The van der Waals surface area contributed by atoms with E-state index >= 15 is 0 Å². The number of rotatable bonds is 13. The maximum Gasteiger partial charge on any atom is 0.142 e. The number of benzene rings is 2. The van der Waals surface area contributed by atoms with E-state index < -0.39 is 0 Å². The summed E-state index contributed by atoms with van der Waals surface area (Å²) in [6, 6.07) is 13.3. The Morgan fingerprint density at radius 1 is 0.900 bits per heavy atom. The van der Waals surface area contributed by atoms with Gasteiger partial charge in [-0.25, -0.2) is 4.98 Å². The molecule has 0 amide bonds. The van der Waals surface area contributed by atoms with Crippen LogP contribution in [-0.4, -0.2) is 21.7 Å². The molecule has 30 heavy (non-hydrogen) atoms. The molecule has 4 heteroatoms. The third-order valence-corrected chi connectivity index (χ3v) is 6.09. The van der Waals surface area contributed by atoms with Gasteiger partial charge in [-0.1, -0.05) is 76.3 Å². The molecule has 0 bridgehead atoms. The van der Waals surface area contributed by atoms with E-state index in [0.29, 0.717) is 23.7 Å². The lowest BCUT2D eigenvalue weighted by atomic mass is 10.1. The number of nitrogens with one attached hydrogen (secondary N) is 1. The number of unbranched alkanes of at least 4 members (excludes halogenated alkanes) is 7. The van der Waals surface area contributed by atoms with Crippen LogP contribution in [0.2, 0.25) is 0 Å². The fraction of sp³-hybridized carbons (Fsp3) is 0.500. The lowest BCUT2D eigenvalue weighted by Crippen LogP contribution is -1.97. The summed E-state index contributed by atoms with van der Waals surface area (Å²) >= 11 is 0. The lowest BCUT2D eigenvalue weighted by Gasteiger charge is -2.08. The number of hydrogen-bond acceptors (Lipinski definition) is 3. The molecule has 1 saturated carbocycles. The zero-order chi connectivity index (χ0) is 20.6. The highest BCUT2D eigenvalue weighted by molar-refractivity contribution is 5.80. The summed E-state index contributed by atoms with van der Waals surface area (Å²) in [7, 11) is 0. The minimum Gasteiger partial charge on any atom is -0.507 e. The number of imidazole rings is 1. The third kappa shape index (κ3) is 6.01. The smallest absolute Gasteiger partial charge is 0.142 e. The van der Waals surface area contributed by atoms with Crippen LogP contribution in [-0.2, 0) is 0 Å². The van der Waals surface area contributed by atoms with Crippen molar-refractivity contribution in [2.75, 3.05) is 6.61 Å². The van der Waals surface area contributed by atoms with Crippen LogP contribution in [0.15, 0.2) is 42.5 Å². The summed E-state index contributed by atoms with van der Waals surface area (Å²) in [5, 5.41) is 10.4. The van der Waals surface area contributed by atoms with Gasteiger partial charge in [0.1, 0.15) is 17.3 Å². The molecule has 2 aromatic carbocycles. The first-order valence-corrected chi connectivity index (χ1v) is 11.7. The number of nitrogens with zero attached hydrogens (tertiary/aromatic N) is 1. The van der Waals surface area contributed by atoms with Gasteiger partial charge in [0.15, 0.2) is 0 Å². The van der Waals surface area contributed by atoms with E-state index in [4.69, 9.17) is 4.74 Å². The van der Waals surface area contributed by atoms with Gasteiger partial charge in [-0.15, -0.1) is 0 Å². The monoisotopic (exact) mass is 406 g/mol. The molecular formula is C26H34N2O2. The Labute approximate surface area is 179 Å². The number of fused-ring (bicyclic) bond motifs is 1. The molecule has 1 heterocycles. The Hall–Kier alpha value is -2.49. The number of para-hydroxylation sites is 2. The van der Waals surface area contributed by atoms with Crippen LogP contribution >= 0.6 is 0 Å². The van der Waals surface area contributed by atoms with Crippen LogP contribution in [0.1, 0.15) is 70.6 Å². The second kappa shape index (κ2) is 10.5. The first kappa shape index (κ1) is 20.8. The molecule has 0 aliphatic heterocycles. The summed E-state index contributed by atoms with van der Waals surface area (Å²) in [5.41, 5.74) is 2.55. The Morgan fingerprint density at radius 2 is 1.63 bits per heavy atom. The van der Waals surface area contributed by atoms with Crippen LogP contribution in [0.5, 0.6) is 11.5 Å². The van der Waals surface area contributed by atoms with Gasteiger partial charge >= 0.3 is 0 Å². The normalized spacial score (nSPS) is 13.7. The Kier molecular flexibility index (Phi) is 7.28. The molecule has 0 unspecified atom stereocenters. The van der Waals surface area contributed by atoms with E-state index in [1.165, 1.54) is 64.2 Å². The van der Waals surface area contributed by atoms with Crippen molar-refractivity contribution in [2.45, 2.75) is 70.6 Å². The van der Waals surface area contributed by atoms with Gasteiger partial charge in [-0.2, -0.15) is 0 Å². The number of aromatic nitrogens is 2. The minimum absolute atomic E-state index is 0.188. The van der Waals surface area contributed by atoms with Crippen molar-refractivity contribution in [1.29, 1.82) is 0 Å². The SMILES string of the molecule is Oc1cc(OCCCCCCCCCCC2CC2)ccc1-c1nc2ccccc2[nH]1. The van der Waals surface area contributed by atoms with Gasteiger partial charge in [-0.3, -0.25) is 0 Å². The van der Waals surface area contributed by atoms with E-state index in [0.717, 1.165) is 23.4 Å². The zero-order valence-electron chi connectivity index (χ0n) is 17.9. The highest BCUT2D eigenvalue weighted by Crippen LogP contribution is 2.34. The van der Waals surface area contributed by atoms with Crippen molar-refractivity contribution in [3.8, 4) is 22.9 Å². The third-order valence-electron chi connectivity index (χ3n) is 6.09. The molecule has 4 nitrogen and oxygen atoms in total. The topological polar surface area (TPSA) is 58.1 Å². The van der Waals surface area contributed by atoms with Gasteiger partial charge in [0.2, 0.25) is 0 Å². The first-order chi connectivity index (χ1) is 14.8. The predicted octanol–water partition coefficient (Wildman–Crippen LogP) is 7.24. The number of hydrogen-bond donors (Lipinski definition) is 2. The van der Waals surface area contributed by atoms with E-state index in [2.05, 4.69) is 9.97 Å². The maximum atomic E-state index is 10.4. The van der Waals surface area contributed by atoms with Crippen molar-refractivity contribution < 1.29 is 9.84 Å². The minimum atomic E-state index is 0.188. The number of phenols is 1. The number of aromatic amines is 1. The van der Waals surface area contributed by atoms with Gasteiger partial charge < -0.3 is 14.8 Å². The predicted molar refractivity (Wildman–Crippen MR) is 123 cm³/mol. The molecule has 1 aliphatic rings. The lowest BCUT2D eigenvalue weighted by molar-refractivity contribution is 0.302. The molecule has 1 aliphatic carbocycles. The maximum absolute atomic E-state index is 10.4. The van der Waals surface area contributed by atoms with Gasteiger partial charge in [0.25, 0.3) is 0 Å². The standard InChI is InChI=1S/C26H34N2O2/c29-25-19-21(16-17-22(25)26-27-23-12-8-9-13-24(23)28-26)30-18-10-6-4-2-1-3-5-7-11-20-14-15-20/h8-9,12-13,16-17,19-20,29H,1-7,10-11,14-15,18H2,(H,27,28). The molecule has 1 aromatic heterocycles. The second-order valence-electron chi connectivity index (χ2n) is 8.69. The molecular weight excluding hydrogens is 372 g/mol. The van der Waals surface area contributed by atoms with E-state index in [1.54, 1.807) is 6.07 Å². The van der Waals surface area contributed by atoms with Crippen LogP contribution < -0.4 is 4.74 Å². The number of ether oxygens (including phenoxy) is 1. The second-order valence-corrected chi connectivity index (χ2v) is 8.69. The Bertz CT molecular complexity index is 897.